The summed E-state index contributed by atoms with van der Waals surface area (Å²) in [6.45, 7) is 14.2. The number of aromatic nitrogens is 4. The molecule has 16 nitrogen and oxygen atoms in total. The highest BCUT2D eigenvalue weighted by atomic mass is 16.7. The van der Waals surface area contributed by atoms with Crippen LogP contribution in [0.1, 0.15) is 80.0 Å². The summed E-state index contributed by atoms with van der Waals surface area (Å²) in [5.41, 5.74) is -0.630. The third-order valence-electron chi connectivity index (χ3n) is 3.85. The molecule has 2 aromatic heterocycles. The van der Waals surface area contributed by atoms with E-state index in [1.54, 1.807) is 41.5 Å². The van der Waals surface area contributed by atoms with Gasteiger partial charge in [0.15, 0.2) is 11.6 Å². The molecular weight excluding hydrogens is 556 g/mol. The number of carbonyl (C=O) groups is 5. The van der Waals surface area contributed by atoms with Crippen LogP contribution in [-0.2, 0) is 44.7 Å². The third kappa shape index (κ3) is 16.3. The van der Waals surface area contributed by atoms with E-state index in [-0.39, 0.29) is 23.9 Å². The molecule has 2 N–H and O–H groups in total. The molecule has 0 spiro atoms. The summed E-state index contributed by atoms with van der Waals surface area (Å²) in [7, 11) is 0. The van der Waals surface area contributed by atoms with Gasteiger partial charge in [-0.05, 0) is 41.5 Å². The molecule has 42 heavy (non-hydrogen) atoms. The first-order valence-electron chi connectivity index (χ1n) is 12.4. The minimum absolute atomic E-state index is 0.0506. The number of rotatable bonds is 7. The zero-order chi connectivity index (χ0) is 32.1. The van der Waals surface area contributed by atoms with Gasteiger partial charge in [-0.2, -0.15) is 0 Å². The number of ether oxygens (including phenoxy) is 5. The number of nitrogens with zero attached hydrogens (tertiary/aromatic N) is 4. The lowest BCUT2D eigenvalue weighted by Gasteiger charge is -2.19. The molecule has 0 radical (unpaired) electrons. The van der Waals surface area contributed by atoms with Gasteiger partial charge in [-0.25, -0.2) is 24.5 Å². The Morgan fingerprint density at radius 1 is 0.667 bits per heavy atom. The fourth-order valence-electron chi connectivity index (χ4n) is 2.46. The van der Waals surface area contributed by atoms with Crippen LogP contribution in [0.15, 0.2) is 24.8 Å². The molecule has 2 amide bonds. The molecular formula is C26H36N6O10. The smallest absolute Gasteiger partial charge is 0.413 e. The molecule has 16 heteroatoms. The van der Waals surface area contributed by atoms with Crippen LogP contribution in [0.4, 0.5) is 21.2 Å². The van der Waals surface area contributed by atoms with Crippen molar-refractivity contribution in [1.29, 1.82) is 0 Å². The lowest BCUT2D eigenvalue weighted by molar-refractivity contribution is -0.187. The van der Waals surface area contributed by atoms with Gasteiger partial charge in [0, 0.05) is 20.8 Å². The maximum atomic E-state index is 11.6. The lowest BCUT2D eigenvalue weighted by Crippen LogP contribution is -2.27. The largest absolute Gasteiger partial charge is 0.459 e. The number of nitrogens with one attached hydrogen (secondary N) is 2. The minimum Gasteiger partial charge on any atom is -0.459 e. The van der Waals surface area contributed by atoms with Crippen LogP contribution in [0.3, 0.4) is 0 Å². The number of carbonyl (C=O) groups excluding carboxylic acids is 5. The van der Waals surface area contributed by atoms with Gasteiger partial charge < -0.3 is 23.7 Å². The number of amides is 2. The Hall–Kier alpha value is -4.89. The Balaban J connectivity index is 0.000000428. The van der Waals surface area contributed by atoms with E-state index in [1.807, 2.05) is 0 Å². The van der Waals surface area contributed by atoms with E-state index < -0.39 is 47.6 Å². The van der Waals surface area contributed by atoms with Gasteiger partial charge >= 0.3 is 30.1 Å². The van der Waals surface area contributed by atoms with Crippen molar-refractivity contribution in [2.75, 3.05) is 10.6 Å². The molecule has 2 heterocycles. The van der Waals surface area contributed by atoms with Crippen LogP contribution in [0, 0.1) is 0 Å². The molecule has 0 aliphatic carbocycles. The van der Waals surface area contributed by atoms with Crippen molar-refractivity contribution in [3.05, 3.63) is 36.2 Å². The van der Waals surface area contributed by atoms with Gasteiger partial charge in [-0.1, -0.05) is 0 Å². The molecule has 0 aliphatic heterocycles. The second-order valence-electron chi connectivity index (χ2n) is 10.3. The quantitative estimate of drug-likeness (QED) is 0.266. The molecule has 0 aliphatic rings. The van der Waals surface area contributed by atoms with Crippen molar-refractivity contribution in [2.24, 2.45) is 0 Å². The Bertz CT molecular complexity index is 1210. The minimum atomic E-state index is -1.30. The molecule has 230 valence electrons. The van der Waals surface area contributed by atoms with Crippen LogP contribution in [0.2, 0.25) is 0 Å². The van der Waals surface area contributed by atoms with E-state index in [2.05, 4.69) is 30.6 Å². The Morgan fingerprint density at radius 3 is 1.45 bits per heavy atom. The number of hydrogen-bond acceptors (Lipinski definition) is 14. The second-order valence-corrected chi connectivity index (χ2v) is 10.3. The van der Waals surface area contributed by atoms with Gasteiger partial charge in [0.05, 0.1) is 30.5 Å². The second kappa shape index (κ2) is 15.8. The Labute approximate surface area is 242 Å². The summed E-state index contributed by atoms with van der Waals surface area (Å²) >= 11 is 0. The maximum absolute atomic E-state index is 11.6. The van der Waals surface area contributed by atoms with Crippen molar-refractivity contribution in [2.45, 2.75) is 86.4 Å². The first-order chi connectivity index (χ1) is 19.3. The van der Waals surface area contributed by atoms with E-state index in [4.69, 9.17) is 23.7 Å². The monoisotopic (exact) mass is 592 g/mol. The van der Waals surface area contributed by atoms with Gasteiger partial charge in [0.1, 0.15) is 23.5 Å². The van der Waals surface area contributed by atoms with Crippen LogP contribution >= 0.6 is 0 Å². The first kappa shape index (κ1) is 35.1. The highest BCUT2D eigenvalue weighted by Crippen LogP contribution is 2.18. The van der Waals surface area contributed by atoms with Gasteiger partial charge in [0.2, 0.25) is 0 Å². The van der Waals surface area contributed by atoms with Gasteiger partial charge in [-0.3, -0.25) is 30.0 Å². The summed E-state index contributed by atoms with van der Waals surface area (Å²) in [5.74, 6) is -1.28. The predicted molar refractivity (Wildman–Crippen MR) is 146 cm³/mol. The van der Waals surface area contributed by atoms with E-state index in [0.717, 1.165) is 0 Å². The molecule has 0 unspecified atom stereocenters. The fourth-order valence-corrected chi connectivity index (χ4v) is 2.46. The van der Waals surface area contributed by atoms with Crippen LogP contribution in [0.25, 0.3) is 0 Å². The highest BCUT2D eigenvalue weighted by Gasteiger charge is 2.21. The molecule has 2 rings (SSSR count). The third-order valence-corrected chi connectivity index (χ3v) is 3.85. The zero-order valence-electron chi connectivity index (χ0n) is 25.0. The lowest BCUT2D eigenvalue weighted by atomic mass is 10.2. The van der Waals surface area contributed by atoms with Crippen molar-refractivity contribution in [1.82, 2.24) is 19.9 Å². The SMILES string of the molecule is CC(=O)OC(OC(C)=O)c1cnc(NC(=O)OC(C)(C)C)cn1.CC(=O)OCc1cnc(NC(=O)OC(C)(C)C)cn1. The summed E-state index contributed by atoms with van der Waals surface area (Å²) in [5, 5.41) is 4.84. The van der Waals surface area contributed by atoms with Gasteiger partial charge in [0.25, 0.3) is 6.29 Å². The van der Waals surface area contributed by atoms with Crippen LogP contribution < -0.4 is 10.6 Å². The molecule has 0 saturated carbocycles. The maximum Gasteiger partial charge on any atom is 0.413 e. The Morgan fingerprint density at radius 2 is 1.12 bits per heavy atom. The number of hydrogen-bond donors (Lipinski definition) is 2. The number of anilines is 2. The first-order valence-corrected chi connectivity index (χ1v) is 12.4. The summed E-state index contributed by atoms with van der Waals surface area (Å²) in [4.78, 5) is 71.5. The average molecular weight is 593 g/mol. The standard InChI is InChI=1S/C14H19N3O6.C12H17N3O4/c1-8(18)21-12(22-9(2)19)10-6-16-11(7-15-10)17-13(20)23-14(3,4)5;1-8(16)18-7-9-5-14-10(6-13-9)15-11(17)19-12(2,3)4/h6-7,12H,1-5H3,(H,16,17,20);5-6H,7H2,1-4H3,(H,14,15,17). The molecule has 2 aromatic rings. The average Bonchev–Trinajstić information content (AvgIpc) is 2.81. The molecule has 0 bridgehead atoms. The predicted octanol–water partition coefficient (Wildman–Crippen LogP) is 3.84. The van der Waals surface area contributed by atoms with E-state index in [1.165, 1.54) is 45.6 Å². The van der Waals surface area contributed by atoms with Crippen LogP contribution in [0.5, 0.6) is 0 Å². The Kier molecular flexibility index (Phi) is 13.2. The fraction of sp³-hybridized carbons (Fsp3) is 0.500. The van der Waals surface area contributed by atoms with Crippen molar-refractivity contribution >= 4 is 41.7 Å². The topological polar surface area (TPSA) is 207 Å². The van der Waals surface area contributed by atoms with E-state index in [0.29, 0.717) is 5.69 Å². The van der Waals surface area contributed by atoms with E-state index >= 15 is 0 Å². The molecule has 0 saturated heterocycles. The van der Waals surface area contributed by atoms with Crippen molar-refractivity contribution in [3.8, 4) is 0 Å². The molecule has 0 atom stereocenters. The van der Waals surface area contributed by atoms with E-state index in [9.17, 15) is 24.0 Å². The summed E-state index contributed by atoms with van der Waals surface area (Å²) < 4.78 is 24.6. The summed E-state index contributed by atoms with van der Waals surface area (Å²) in [6.07, 6.45) is 2.62. The molecule has 0 fully saturated rings. The van der Waals surface area contributed by atoms with Crippen LogP contribution in [-0.4, -0.2) is 61.2 Å². The van der Waals surface area contributed by atoms with Crippen molar-refractivity contribution in [3.63, 3.8) is 0 Å². The highest BCUT2D eigenvalue weighted by molar-refractivity contribution is 5.83. The normalized spacial score (nSPS) is 10.8. The number of esters is 3. The summed E-state index contributed by atoms with van der Waals surface area (Å²) in [6, 6.07) is 0. The molecule has 0 aromatic carbocycles. The van der Waals surface area contributed by atoms with Crippen molar-refractivity contribution < 1.29 is 47.7 Å². The zero-order valence-corrected chi connectivity index (χ0v) is 25.0. The van der Waals surface area contributed by atoms with Gasteiger partial charge in [-0.15, -0.1) is 0 Å².